The van der Waals surface area contributed by atoms with Gasteiger partial charge in [-0.3, -0.25) is 9.59 Å². The van der Waals surface area contributed by atoms with Crippen molar-refractivity contribution in [3.05, 3.63) is 0 Å². The second kappa shape index (κ2) is 21.0. The van der Waals surface area contributed by atoms with Gasteiger partial charge in [0, 0.05) is 37.6 Å². The van der Waals surface area contributed by atoms with Gasteiger partial charge in [0.2, 0.25) is 0 Å². The monoisotopic (exact) mass is 357 g/mol. The van der Waals surface area contributed by atoms with Gasteiger partial charge in [-0.2, -0.15) is 0 Å². The Morgan fingerprint density at radius 2 is 0.952 bits per heavy atom. The topological polar surface area (TPSA) is 177 Å². The molecule has 0 atom stereocenters. The van der Waals surface area contributed by atoms with Gasteiger partial charge in [0.25, 0.3) is 0 Å². The molecule has 0 fully saturated rings. The van der Waals surface area contributed by atoms with Crippen LogP contribution in [0.5, 0.6) is 0 Å². The van der Waals surface area contributed by atoms with Gasteiger partial charge in [-0.25, -0.2) is 0 Å². The van der Waals surface area contributed by atoms with E-state index in [2.05, 4.69) is 0 Å². The number of carbonyl (C=O) groups is 4. The quantitative estimate of drug-likeness (QED) is 0.337. The average molecular weight is 358 g/mol. The predicted octanol–water partition coefficient (Wildman–Crippen LogP) is -2.66. The van der Waals surface area contributed by atoms with Gasteiger partial charge >= 0.3 is 17.1 Å². The molecule has 0 aromatic carbocycles. The molecular formula is C12H22CuO8. The van der Waals surface area contributed by atoms with E-state index in [1.807, 2.05) is 13.8 Å². The van der Waals surface area contributed by atoms with Crippen molar-refractivity contribution >= 4 is 23.5 Å². The van der Waals surface area contributed by atoms with Crippen LogP contribution >= 0.6 is 0 Å². The molecule has 0 amide bonds. The van der Waals surface area contributed by atoms with Crippen LogP contribution in [-0.4, -0.2) is 34.5 Å². The average Bonchev–Trinajstić information content (AvgIpc) is 2.16. The van der Waals surface area contributed by atoms with Crippen molar-refractivity contribution in [3.8, 4) is 0 Å². The van der Waals surface area contributed by atoms with Gasteiger partial charge in [-0.15, -0.1) is 0 Å². The standard InChI is InChI=1S/2C6H10O3.Cu.2H2O/c2*1-2-3-5(7)4-6(8)9;;;/h2*2-4H2,1H3,(H,8,9);;2*1H2/q;;+2;;/p-2. The third-order valence-electron chi connectivity index (χ3n) is 1.74. The van der Waals surface area contributed by atoms with E-state index in [4.69, 9.17) is 0 Å². The number of carbonyl (C=O) groups excluding carboxylic acids is 4. The number of rotatable bonds is 8. The second-order valence-electron chi connectivity index (χ2n) is 3.67. The summed E-state index contributed by atoms with van der Waals surface area (Å²) < 4.78 is 0. The Hall–Kier alpha value is -1.28. The van der Waals surface area contributed by atoms with E-state index in [-0.39, 0.29) is 39.6 Å². The molecular weight excluding hydrogens is 336 g/mol. The van der Waals surface area contributed by atoms with E-state index in [0.717, 1.165) is 0 Å². The first-order chi connectivity index (χ1) is 8.33. The molecule has 4 N–H and O–H groups in total. The summed E-state index contributed by atoms with van der Waals surface area (Å²) in [5.41, 5.74) is 0. The van der Waals surface area contributed by atoms with Crippen LogP contribution in [0.4, 0.5) is 0 Å². The summed E-state index contributed by atoms with van der Waals surface area (Å²) in [6.45, 7) is 3.65. The Morgan fingerprint density at radius 1 is 0.714 bits per heavy atom. The molecule has 0 aliphatic heterocycles. The van der Waals surface area contributed by atoms with Gasteiger partial charge in [0.05, 0.1) is 0 Å². The number of hydrogen-bond donors (Lipinski definition) is 0. The first kappa shape index (κ1) is 31.9. The minimum atomic E-state index is -1.28. The molecule has 0 aliphatic rings. The molecule has 8 nitrogen and oxygen atoms in total. The van der Waals surface area contributed by atoms with Gasteiger partial charge in [-0.1, -0.05) is 13.8 Å². The number of Topliss-reactive ketones (excluding diaryl/α,β-unsaturated/α-hetero) is 2. The Balaban J connectivity index is -0.0000000711. The number of aliphatic carboxylic acids is 2. The summed E-state index contributed by atoms with van der Waals surface area (Å²) in [7, 11) is 0. The van der Waals surface area contributed by atoms with Crippen LogP contribution in [0.15, 0.2) is 0 Å². The van der Waals surface area contributed by atoms with Crippen LogP contribution in [0, 0.1) is 0 Å². The fourth-order valence-electron chi connectivity index (χ4n) is 1.06. The minimum absolute atomic E-state index is 0. The van der Waals surface area contributed by atoms with E-state index in [9.17, 15) is 29.4 Å². The molecule has 0 unspecified atom stereocenters. The summed E-state index contributed by atoms with van der Waals surface area (Å²) >= 11 is 0. The van der Waals surface area contributed by atoms with Crippen LogP contribution in [0.25, 0.3) is 0 Å². The SMILES string of the molecule is CCCC(=O)CC(=O)[O-].CCCC(=O)CC(=O)[O-].O.O.[Cu+2]. The zero-order chi connectivity index (χ0) is 14.6. The molecule has 0 aromatic heterocycles. The predicted molar refractivity (Wildman–Crippen MR) is 66.3 cm³/mol. The van der Waals surface area contributed by atoms with Crippen molar-refractivity contribution in [2.75, 3.05) is 0 Å². The van der Waals surface area contributed by atoms with E-state index in [1.165, 1.54) is 0 Å². The number of carboxylic acid groups (broad SMARTS) is 2. The Morgan fingerprint density at radius 3 is 1.10 bits per heavy atom. The van der Waals surface area contributed by atoms with Crippen molar-refractivity contribution < 1.29 is 57.4 Å². The number of ketones is 2. The van der Waals surface area contributed by atoms with E-state index in [1.54, 1.807) is 0 Å². The molecule has 0 spiro atoms. The van der Waals surface area contributed by atoms with Gasteiger partial charge in [0.15, 0.2) is 0 Å². The molecule has 0 heterocycles. The van der Waals surface area contributed by atoms with Gasteiger partial charge < -0.3 is 30.8 Å². The first-order valence-corrected chi connectivity index (χ1v) is 5.76. The molecule has 0 aliphatic carbocycles. The summed E-state index contributed by atoms with van der Waals surface area (Å²) in [6.07, 6.45) is 1.21. The minimum Gasteiger partial charge on any atom is -0.550 e. The van der Waals surface area contributed by atoms with Crippen LogP contribution in [0.3, 0.4) is 0 Å². The van der Waals surface area contributed by atoms with Crippen molar-refractivity contribution in [3.63, 3.8) is 0 Å². The fourth-order valence-corrected chi connectivity index (χ4v) is 1.06. The van der Waals surface area contributed by atoms with Crippen LogP contribution in [0.1, 0.15) is 52.4 Å². The zero-order valence-electron chi connectivity index (χ0n) is 12.0. The molecule has 0 saturated heterocycles. The molecule has 129 valence electrons. The molecule has 0 aromatic rings. The van der Waals surface area contributed by atoms with Crippen molar-refractivity contribution in [1.82, 2.24) is 0 Å². The summed E-state index contributed by atoms with van der Waals surface area (Å²) in [6, 6.07) is 0. The van der Waals surface area contributed by atoms with E-state index >= 15 is 0 Å². The summed E-state index contributed by atoms with van der Waals surface area (Å²) in [4.78, 5) is 40.4. The third kappa shape index (κ3) is 32.3. The smallest absolute Gasteiger partial charge is 0.550 e. The number of carboxylic acids is 2. The second-order valence-corrected chi connectivity index (χ2v) is 3.67. The van der Waals surface area contributed by atoms with Crippen molar-refractivity contribution in [2.45, 2.75) is 52.4 Å². The maximum Gasteiger partial charge on any atom is 2.00 e. The Kier molecular flexibility index (Phi) is 31.9. The molecule has 1 radical (unpaired) electrons. The van der Waals surface area contributed by atoms with Gasteiger partial charge in [-0.05, 0) is 12.8 Å². The summed E-state index contributed by atoms with van der Waals surface area (Å²) in [5, 5.41) is 19.5. The van der Waals surface area contributed by atoms with Crippen LogP contribution in [-0.2, 0) is 36.2 Å². The zero-order valence-corrected chi connectivity index (χ0v) is 12.9. The van der Waals surface area contributed by atoms with Crippen LogP contribution < -0.4 is 10.2 Å². The molecule has 21 heavy (non-hydrogen) atoms. The number of hydrogen-bond acceptors (Lipinski definition) is 6. The van der Waals surface area contributed by atoms with E-state index in [0.29, 0.717) is 25.7 Å². The maximum atomic E-state index is 10.4. The van der Waals surface area contributed by atoms with Gasteiger partial charge in [0.1, 0.15) is 11.6 Å². The normalized spacial score (nSPS) is 7.71. The third-order valence-corrected chi connectivity index (χ3v) is 1.74. The first-order valence-electron chi connectivity index (χ1n) is 5.76. The molecule has 0 rings (SSSR count). The molecule has 0 bridgehead atoms. The van der Waals surface area contributed by atoms with Crippen LogP contribution in [0.2, 0.25) is 0 Å². The van der Waals surface area contributed by atoms with E-state index < -0.39 is 24.8 Å². The Bertz CT molecular complexity index is 274. The van der Waals surface area contributed by atoms with Crippen molar-refractivity contribution in [1.29, 1.82) is 0 Å². The summed E-state index contributed by atoms with van der Waals surface area (Å²) in [5.74, 6) is -3.07. The molecule has 9 heteroatoms. The van der Waals surface area contributed by atoms with Crippen molar-refractivity contribution in [2.24, 2.45) is 0 Å². The fraction of sp³-hybridized carbons (Fsp3) is 0.667. The Labute approximate surface area is 134 Å². The maximum absolute atomic E-state index is 10.4. The largest absolute Gasteiger partial charge is 2.00 e. The molecule has 0 saturated carbocycles.